The summed E-state index contributed by atoms with van der Waals surface area (Å²) in [6, 6.07) is 5.35. The van der Waals surface area contributed by atoms with Crippen LogP contribution in [0.5, 0.6) is 0 Å². The summed E-state index contributed by atoms with van der Waals surface area (Å²) in [7, 11) is 0. The minimum absolute atomic E-state index is 0.0854. The number of aromatic nitrogens is 6. The number of hydrogen-bond donors (Lipinski definition) is 0. The summed E-state index contributed by atoms with van der Waals surface area (Å²) in [5.41, 5.74) is 1.76. The van der Waals surface area contributed by atoms with E-state index < -0.39 is 0 Å². The lowest BCUT2D eigenvalue weighted by Crippen LogP contribution is -2.38. The number of hydrogen-bond acceptors (Lipinski definition) is 7. The number of carbonyl (C=O) groups is 1. The molecule has 30 heavy (non-hydrogen) atoms. The smallest absolute Gasteiger partial charge is 0.247 e. The van der Waals surface area contributed by atoms with Crippen molar-refractivity contribution >= 4 is 23.6 Å². The molecule has 0 radical (unpaired) electrons. The van der Waals surface area contributed by atoms with Gasteiger partial charge in [-0.25, -0.2) is 0 Å². The van der Waals surface area contributed by atoms with Crippen molar-refractivity contribution in [2.45, 2.75) is 45.7 Å². The Bertz CT molecular complexity index is 1070. The summed E-state index contributed by atoms with van der Waals surface area (Å²) in [6.45, 7) is 4.60. The van der Waals surface area contributed by atoms with E-state index in [0.717, 1.165) is 30.4 Å². The zero-order valence-corrected chi connectivity index (χ0v) is 17.6. The third-order valence-corrected chi connectivity index (χ3v) is 5.24. The molecule has 10 heteroatoms. The second-order valence-electron chi connectivity index (χ2n) is 7.26. The number of benzene rings is 1. The Morgan fingerprint density at radius 3 is 2.93 bits per heavy atom. The zero-order valence-electron chi connectivity index (χ0n) is 16.8. The van der Waals surface area contributed by atoms with Gasteiger partial charge in [0.2, 0.25) is 11.8 Å². The quantitative estimate of drug-likeness (QED) is 0.576. The van der Waals surface area contributed by atoms with E-state index in [1.165, 1.54) is 4.80 Å². The molecule has 0 aliphatic carbocycles. The highest BCUT2D eigenvalue weighted by Crippen LogP contribution is 2.29. The van der Waals surface area contributed by atoms with Crippen molar-refractivity contribution in [2.75, 3.05) is 6.54 Å². The number of nitrogens with zero attached hydrogens (tertiary/aromatic N) is 7. The van der Waals surface area contributed by atoms with E-state index in [2.05, 4.69) is 25.6 Å². The number of rotatable bonds is 5. The number of likely N-dealkylation sites (tertiary alicyclic amines) is 1. The number of tetrazole rings is 1. The second kappa shape index (κ2) is 8.74. The molecule has 2 aromatic heterocycles. The molecule has 1 aliphatic rings. The highest BCUT2D eigenvalue weighted by Gasteiger charge is 2.30. The third kappa shape index (κ3) is 4.56. The fourth-order valence-corrected chi connectivity index (χ4v) is 3.78. The van der Waals surface area contributed by atoms with Crippen molar-refractivity contribution in [3.05, 3.63) is 58.0 Å². The summed E-state index contributed by atoms with van der Waals surface area (Å²) >= 11 is 6.17. The Kier molecular flexibility index (Phi) is 5.89. The van der Waals surface area contributed by atoms with E-state index in [0.29, 0.717) is 35.7 Å². The first-order valence-corrected chi connectivity index (χ1v) is 10.2. The molecule has 1 saturated heterocycles. The van der Waals surface area contributed by atoms with E-state index in [1.807, 2.05) is 17.0 Å². The molecule has 1 aliphatic heterocycles. The van der Waals surface area contributed by atoms with Gasteiger partial charge in [0.25, 0.3) is 0 Å². The lowest BCUT2D eigenvalue weighted by Gasteiger charge is -2.33. The number of piperidine rings is 1. The van der Waals surface area contributed by atoms with Crippen molar-refractivity contribution in [3.8, 4) is 0 Å². The van der Waals surface area contributed by atoms with Crippen molar-refractivity contribution < 1.29 is 9.32 Å². The van der Waals surface area contributed by atoms with E-state index in [-0.39, 0.29) is 11.9 Å². The number of carbonyl (C=O) groups excluding carboxylic acids is 1. The predicted molar refractivity (Wildman–Crippen MR) is 109 cm³/mol. The first kappa shape index (κ1) is 20.2. The van der Waals surface area contributed by atoms with Crippen molar-refractivity contribution in [3.63, 3.8) is 0 Å². The Balaban J connectivity index is 1.54. The summed E-state index contributed by atoms with van der Waals surface area (Å²) < 4.78 is 5.11. The van der Waals surface area contributed by atoms with E-state index in [1.54, 1.807) is 32.1 Å². The van der Waals surface area contributed by atoms with Gasteiger partial charge in [-0.3, -0.25) is 4.79 Å². The van der Waals surface area contributed by atoms with Crippen LogP contribution in [-0.4, -0.2) is 47.7 Å². The molecule has 3 heterocycles. The van der Waals surface area contributed by atoms with Gasteiger partial charge in [0.05, 0.1) is 12.6 Å². The minimum Gasteiger partial charge on any atom is -0.340 e. The summed E-state index contributed by atoms with van der Waals surface area (Å²) in [6.07, 6.45) is 6.18. The summed E-state index contributed by atoms with van der Waals surface area (Å²) in [5, 5.41) is 16.7. The summed E-state index contributed by atoms with van der Waals surface area (Å²) in [5.74, 6) is 1.57. The normalized spacial score (nSPS) is 17.0. The molecule has 3 aromatic rings. The van der Waals surface area contributed by atoms with Crippen LogP contribution in [0.1, 0.15) is 54.0 Å². The first-order chi connectivity index (χ1) is 14.5. The highest BCUT2D eigenvalue weighted by molar-refractivity contribution is 6.30. The average Bonchev–Trinajstić information content (AvgIpc) is 3.35. The topological polar surface area (TPSA) is 103 Å². The van der Waals surface area contributed by atoms with Gasteiger partial charge in [-0.2, -0.15) is 9.78 Å². The highest BCUT2D eigenvalue weighted by atomic mass is 35.5. The Labute approximate surface area is 178 Å². The molecule has 9 nitrogen and oxygen atoms in total. The zero-order chi connectivity index (χ0) is 21.1. The van der Waals surface area contributed by atoms with Crippen LogP contribution in [0, 0.1) is 13.8 Å². The van der Waals surface area contributed by atoms with Gasteiger partial charge in [-0.1, -0.05) is 22.8 Å². The van der Waals surface area contributed by atoms with Gasteiger partial charge in [0.1, 0.15) is 0 Å². The average molecular weight is 428 g/mol. The van der Waals surface area contributed by atoms with Gasteiger partial charge in [-0.15, -0.1) is 10.2 Å². The molecule has 1 fully saturated rings. The van der Waals surface area contributed by atoms with Crippen LogP contribution in [0.3, 0.4) is 0 Å². The van der Waals surface area contributed by atoms with Crippen LogP contribution in [0.4, 0.5) is 0 Å². The maximum atomic E-state index is 13.0. The molecule has 0 N–H and O–H groups in total. The van der Waals surface area contributed by atoms with Gasteiger partial charge in [0, 0.05) is 24.6 Å². The largest absolute Gasteiger partial charge is 0.340 e. The van der Waals surface area contributed by atoms with Crippen LogP contribution >= 0.6 is 11.6 Å². The number of amides is 1. The molecule has 0 bridgehead atoms. The van der Waals surface area contributed by atoms with E-state index in [9.17, 15) is 4.79 Å². The SMILES string of the molecule is Cc1nnn(Cc2cc(Cl)ccc2/C=C/C(=O)N2CCCC[C@H]2c2noc(C)n2)n1. The van der Waals surface area contributed by atoms with E-state index >= 15 is 0 Å². The molecular weight excluding hydrogens is 406 g/mol. The lowest BCUT2D eigenvalue weighted by atomic mass is 10.0. The lowest BCUT2D eigenvalue weighted by molar-refractivity contribution is -0.129. The first-order valence-electron chi connectivity index (χ1n) is 9.81. The van der Waals surface area contributed by atoms with Crippen molar-refractivity contribution in [1.29, 1.82) is 0 Å². The van der Waals surface area contributed by atoms with Crippen LogP contribution in [0.25, 0.3) is 6.08 Å². The maximum Gasteiger partial charge on any atom is 0.247 e. The molecule has 1 aromatic carbocycles. The van der Waals surface area contributed by atoms with Gasteiger partial charge >= 0.3 is 0 Å². The van der Waals surface area contributed by atoms with Gasteiger partial charge < -0.3 is 9.42 Å². The summed E-state index contributed by atoms with van der Waals surface area (Å²) in [4.78, 5) is 20.6. The molecule has 156 valence electrons. The molecule has 1 amide bonds. The van der Waals surface area contributed by atoms with E-state index in [4.69, 9.17) is 16.1 Å². The van der Waals surface area contributed by atoms with Crippen molar-refractivity contribution in [1.82, 2.24) is 35.2 Å². The maximum absolute atomic E-state index is 13.0. The number of aryl methyl sites for hydroxylation is 2. The fourth-order valence-electron chi connectivity index (χ4n) is 3.59. The van der Waals surface area contributed by atoms with Crippen LogP contribution in [0.2, 0.25) is 5.02 Å². The standard InChI is InChI=1S/C20H22ClN7O2/c1-13-23-26-28(24-13)12-16-11-17(21)8-6-15(16)7-9-19(29)27-10-4-3-5-18(27)20-22-14(2)30-25-20/h6-9,11,18H,3-5,10,12H2,1-2H3/b9-7+/t18-/m0/s1. The minimum atomic E-state index is -0.166. The van der Waals surface area contributed by atoms with Crippen LogP contribution in [0.15, 0.2) is 28.8 Å². The second-order valence-corrected chi connectivity index (χ2v) is 7.69. The van der Waals surface area contributed by atoms with Crippen LogP contribution in [-0.2, 0) is 11.3 Å². The monoisotopic (exact) mass is 427 g/mol. The molecule has 0 unspecified atom stereocenters. The van der Waals surface area contributed by atoms with Crippen molar-refractivity contribution in [2.24, 2.45) is 0 Å². The Hall–Kier alpha value is -3.07. The Morgan fingerprint density at radius 1 is 1.33 bits per heavy atom. The third-order valence-electron chi connectivity index (χ3n) is 5.00. The van der Waals surface area contributed by atoms with Gasteiger partial charge in [-0.05, 0) is 60.7 Å². The van der Waals surface area contributed by atoms with Crippen LogP contribution < -0.4 is 0 Å². The fraction of sp³-hybridized carbons (Fsp3) is 0.400. The van der Waals surface area contributed by atoms with Gasteiger partial charge in [0.15, 0.2) is 11.6 Å². The molecular formula is C20H22ClN7O2. The molecule has 4 rings (SSSR count). The molecule has 1 atom stereocenters. The molecule has 0 spiro atoms. The number of halogens is 1. The predicted octanol–water partition coefficient (Wildman–Crippen LogP) is 3.14. The Morgan fingerprint density at radius 2 is 2.20 bits per heavy atom. The molecule has 0 saturated carbocycles.